The van der Waals surface area contributed by atoms with Gasteiger partial charge in [-0.1, -0.05) is 0 Å². The summed E-state index contributed by atoms with van der Waals surface area (Å²) in [5.41, 5.74) is 4.15. The third-order valence-electron chi connectivity index (χ3n) is 5.25. The Hall–Kier alpha value is -1.85. The third kappa shape index (κ3) is 2.94. The number of ether oxygens (including phenoxy) is 1. The monoisotopic (exact) mass is 327 g/mol. The van der Waals surface area contributed by atoms with Crippen molar-refractivity contribution in [1.82, 2.24) is 9.88 Å². The predicted molar refractivity (Wildman–Crippen MR) is 96.8 cm³/mol. The molecule has 0 unspecified atom stereocenters. The average molecular weight is 327 g/mol. The Morgan fingerprint density at radius 1 is 1.12 bits per heavy atom. The number of aromatic amines is 1. The van der Waals surface area contributed by atoms with Gasteiger partial charge in [-0.3, -0.25) is 9.69 Å². The number of anilines is 1. The van der Waals surface area contributed by atoms with E-state index in [1.807, 2.05) is 19.1 Å². The molecule has 0 amide bonds. The van der Waals surface area contributed by atoms with Gasteiger partial charge in [-0.25, -0.2) is 0 Å². The van der Waals surface area contributed by atoms with E-state index in [9.17, 15) is 4.79 Å². The van der Waals surface area contributed by atoms with E-state index in [2.05, 4.69) is 20.9 Å². The lowest BCUT2D eigenvalue weighted by Crippen LogP contribution is -2.36. The fourth-order valence-electron chi connectivity index (χ4n) is 3.81. The summed E-state index contributed by atoms with van der Waals surface area (Å²) in [6.07, 6.45) is 2.48. The summed E-state index contributed by atoms with van der Waals surface area (Å²) >= 11 is 0. The Labute approximate surface area is 142 Å². The highest BCUT2D eigenvalue weighted by molar-refractivity contribution is 5.83. The number of likely N-dealkylation sites (tertiary alicyclic amines) is 1. The number of fused-ring (bicyclic) bond motifs is 1. The Balaban J connectivity index is 1.72. The molecule has 2 fully saturated rings. The van der Waals surface area contributed by atoms with Crippen LogP contribution >= 0.6 is 0 Å². The summed E-state index contributed by atoms with van der Waals surface area (Å²) in [4.78, 5) is 21.2. The van der Waals surface area contributed by atoms with Crippen molar-refractivity contribution in [3.05, 3.63) is 39.7 Å². The highest BCUT2D eigenvalue weighted by Crippen LogP contribution is 2.22. The van der Waals surface area contributed by atoms with Crippen LogP contribution in [0.5, 0.6) is 0 Å². The Morgan fingerprint density at radius 3 is 2.62 bits per heavy atom. The molecule has 128 valence electrons. The van der Waals surface area contributed by atoms with Gasteiger partial charge in [-0.15, -0.1) is 0 Å². The van der Waals surface area contributed by atoms with Crippen molar-refractivity contribution in [3.8, 4) is 0 Å². The summed E-state index contributed by atoms with van der Waals surface area (Å²) in [7, 11) is 0. The minimum atomic E-state index is 0.184. The van der Waals surface area contributed by atoms with Crippen LogP contribution in [0.3, 0.4) is 0 Å². The van der Waals surface area contributed by atoms with Gasteiger partial charge in [0, 0.05) is 47.5 Å². The predicted octanol–water partition coefficient (Wildman–Crippen LogP) is 2.27. The number of H-pyrrole nitrogens is 1. The third-order valence-corrected chi connectivity index (χ3v) is 5.25. The zero-order valence-electron chi connectivity index (χ0n) is 14.3. The molecule has 5 heteroatoms. The van der Waals surface area contributed by atoms with Gasteiger partial charge < -0.3 is 14.6 Å². The molecular formula is C19H25N3O2. The van der Waals surface area contributed by atoms with Gasteiger partial charge in [0.2, 0.25) is 0 Å². The lowest BCUT2D eigenvalue weighted by atomic mass is 10.1. The number of rotatable bonds is 3. The van der Waals surface area contributed by atoms with E-state index in [4.69, 9.17) is 4.74 Å². The number of aromatic nitrogens is 1. The van der Waals surface area contributed by atoms with E-state index in [-0.39, 0.29) is 5.43 Å². The molecule has 0 radical (unpaired) electrons. The molecule has 0 bridgehead atoms. The Bertz CT molecular complexity index is 787. The first-order chi connectivity index (χ1) is 11.7. The maximum atomic E-state index is 13.1. The van der Waals surface area contributed by atoms with Gasteiger partial charge >= 0.3 is 0 Å². The molecule has 2 aliphatic heterocycles. The molecular weight excluding hydrogens is 302 g/mol. The molecule has 4 rings (SSSR count). The molecule has 0 atom stereocenters. The lowest BCUT2D eigenvalue weighted by molar-refractivity contribution is 0.122. The first-order valence-electron chi connectivity index (χ1n) is 8.93. The van der Waals surface area contributed by atoms with Crippen LogP contribution in [0, 0.1) is 6.92 Å². The van der Waals surface area contributed by atoms with Crippen LogP contribution in [0.25, 0.3) is 10.9 Å². The molecule has 2 aliphatic rings. The van der Waals surface area contributed by atoms with Gasteiger partial charge in [0.1, 0.15) is 0 Å². The van der Waals surface area contributed by atoms with Crippen LogP contribution in [0.1, 0.15) is 24.1 Å². The molecule has 1 N–H and O–H groups in total. The van der Waals surface area contributed by atoms with E-state index in [1.54, 1.807) is 0 Å². The molecule has 2 aromatic rings. The van der Waals surface area contributed by atoms with Crippen molar-refractivity contribution in [2.45, 2.75) is 26.3 Å². The van der Waals surface area contributed by atoms with Gasteiger partial charge in [0.25, 0.3) is 0 Å². The summed E-state index contributed by atoms with van der Waals surface area (Å²) in [6, 6.07) is 6.18. The summed E-state index contributed by atoms with van der Waals surface area (Å²) < 4.78 is 5.43. The van der Waals surface area contributed by atoms with E-state index in [1.165, 1.54) is 12.8 Å². The van der Waals surface area contributed by atoms with Gasteiger partial charge in [0.05, 0.1) is 13.2 Å². The van der Waals surface area contributed by atoms with Crippen molar-refractivity contribution in [1.29, 1.82) is 0 Å². The van der Waals surface area contributed by atoms with Crippen LogP contribution in [0.2, 0.25) is 0 Å². The minimum absolute atomic E-state index is 0.184. The molecule has 24 heavy (non-hydrogen) atoms. The number of nitrogens with one attached hydrogen (secondary N) is 1. The molecule has 0 spiro atoms. The van der Waals surface area contributed by atoms with E-state index in [0.717, 1.165) is 73.8 Å². The maximum absolute atomic E-state index is 13.1. The number of aryl methyl sites for hydroxylation is 1. The number of benzene rings is 1. The fourth-order valence-corrected chi connectivity index (χ4v) is 3.81. The number of hydrogen-bond acceptors (Lipinski definition) is 4. The normalized spacial score (nSPS) is 19.3. The second-order valence-corrected chi connectivity index (χ2v) is 6.87. The second kappa shape index (κ2) is 6.57. The molecule has 0 aliphatic carbocycles. The minimum Gasteiger partial charge on any atom is -0.378 e. The van der Waals surface area contributed by atoms with E-state index in [0.29, 0.717) is 0 Å². The number of morpholine rings is 1. The van der Waals surface area contributed by atoms with Gasteiger partial charge in [0.15, 0.2) is 5.43 Å². The average Bonchev–Trinajstić information content (AvgIpc) is 3.12. The van der Waals surface area contributed by atoms with Crippen molar-refractivity contribution >= 4 is 16.6 Å². The van der Waals surface area contributed by atoms with Crippen molar-refractivity contribution < 1.29 is 4.74 Å². The van der Waals surface area contributed by atoms with Crippen molar-refractivity contribution in [2.75, 3.05) is 44.3 Å². The number of nitrogens with zero attached hydrogens (tertiary/aromatic N) is 2. The molecule has 3 heterocycles. The topological polar surface area (TPSA) is 48.6 Å². The van der Waals surface area contributed by atoms with Crippen molar-refractivity contribution in [3.63, 3.8) is 0 Å². The second-order valence-electron chi connectivity index (χ2n) is 6.87. The Morgan fingerprint density at radius 2 is 1.88 bits per heavy atom. The van der Waals surface area contributed by atoms with Gasteiger partial charge in [-0.05, 0) is 51.1 Å². The highest BCUT2D eigenvalue weighted by Gasteiger charge is 2.18. The zero-order valence-corrected chi connectivity index (χ0v) is 14.3. The summed E-state index contributed by atoms with van der Waals surface area (Å²) in [5, 5.41) is 0.804. The van der Waals surface area contributed by atoms with Crippen LogP contribution < -0.4 is 10.3 Å². The van der Waals surface area contributed by atoms with Crippen LogP contribution in [-0.2, 0) is 11.3 Å². The standard InChI is InChI=1S/C19H25N3O2/c1-14-17(13-21-6-2-3-7-21)19(23)16-12-15(4-5-18(16)20-14)22-8-10-24-11-9-22/h4-5,12H,2-3,6-11,13H2,1H3,(H,20,23). The smallest absolute Gasteiger partial charge is 0.194 e. The lowest BCUT2D eigenvalue weighted by Gasteiger charge is -2.29. The first kappa shape index (κ1) is 15.7. The van der Waals surface area contributed by atoms with Crippen molar-refractivity contribution in [2.24, 2.45) is 0 Å². The fraction of sp³-hybridized carbons (Fsp3) is 0.526. The van der Waals surface area contributed by atoms with E-state index >= 15 is 0 Å². The number of hydrogen-bond donors (Lipinski definition) is 1. The largest absolute Gasteiger partial charge is 0.378 e. The number of pyridine rings is 1. The molecule has 5 nitrogen and oxygen atoms in total. The molecule has 0 saturated carbocycles. The first-order valence-corrected chi connectivity index (χ1v) is 8.93. The summed E-state index contributed by atoms with van der Waals surface area (Å²) in [5.74, 6) is 0. The molecule has 2 saturated heterocycles. The quantitative estimate of drug-likeness (QED) is 0.939. The van der Waals surface area contributed by atoms with Gasteiger partial charge in [-0.2, -0.15) is 0 Å². The van der Waals surface area contributed by atoms with Crippen LogP contribution in [0.15, 0.2) is 23.0 Å². The van der Waals surface area contributed by atoms with Crippen LogP contribution in [-0.4, -0.2) is 49.3 Å². The summed E-state index contributed by atoms with van der Waals surface area (Å²) in [6.45, 7) is 8.26. The highest BCUT2D eigenvalue weighted by atomic mass is 16.5. The zero-order chi connectivity index (χ0) is 16.5. The molecule has 1 aromatic heterocycles. The van der Waals surface area contributed by atoms with Crippen LogP contribution in [0.4, 0.5) is 5.69 Å². The molecule has 1 aromatic carbocycles. The Kier molecular flexibility index (Phi) is 4.29. The van der Waals surface area contributed by atoms with E-state index < -0.39 is 0 Å². The maximum Gasteiger partial charge on any atom is 0.194 e. The SMILES string of the molecule is Cc1[nH]c2ccc(N3CCOCC3)cc2c(=O)c1CN1CCCC1.